The fourth-order valence-electron chi connectivity index (χ4n) is 4.05. The topological polar surface area (TPSA) is 95.6 Å². The lowest BCUT2D eigenvalue weighted by Gasteiger charge is -2.37. The Kier molecular flexibility index (Phi) is 6.76. The summed E-state index contributed by atoms with van der Waals surface area (Å²) in [7, 11) is 0. The van der Waals surface area contributed by atoms with Crippen LogP contribution < -0.4 is 5.56 Å². The molecule has 1 aromatic carbocycles. The van der Waals surface area contributed by atoms with Gasteiger partial charge < -0.3 is 14.6 Å². The molecule has 1 aliphatic heterocycles. The number of amides is 1. The van der Waals surface area contributed by atoms with Crippen molar-refractivity contribution in [3.63, 3.8) is 0 Å². The molecule has 1 atom stereocenters. The van der Waals surface area contributed by atoms with Crippen LogP contribution in [-0.2, 0) is 4.74 Å². The van der Waals surface area contributed by atoms with Crippen LogP contribution in [0.25, 0.3) is 10.2 Å². The molecule has 4 rings (SSSR count). The smallest absolute Gasteiger partial charge is 0.348 e. The number of hydrogen-bond donors (Lipinski definition) is 1. The lowest BCUT2D eigenvalue weighted by Crippen LogP contribution is -2.49. The maximum absolute atomic E-state index is 13.5. The van der Waals surface area contributed by atoms with Crippen LogP contribution in [0.5, 0.6) is 0 Å². The summed E-state index contributed by atoms with van der Waals surface area (Å²) in [4.78, 5) is 49.6. The van der Waals surface area contributed by atoms with E-state index in [4.69, 9.17) is 4.74 Å². The van der Waals surface area contributed by atoms with Gasteiger partial charge in [0.25, 0.3) is 11.5 Å². The van der Waals surface area contributed by atoms with Crippen LogP contribution in [0.3, 0.4) is 0 Å². The average Bonchev–Trinajstić information content (AvgIpc) is 3.17. The summed E-state index contributed by atoms with van der Waals surface area (Å²) < 4.78 is 31.7. The number of rotatable bonds is 5. The minimum Gasteiger partial charge on any atom is -0.462 e. The summed E-state index contributed by atoms with van der Waals surface area (Å²) in [6.07, 6.45) is 0. The highest BCUT2D eigenvalue weighted by Gasteiger charge is 2.28. The predicted molar refractivity (Wildman–Crippen MR) is 123 cm³/mol. The number of carbonyl (C=O) groups excluding carboxylic acids is 2. The van der Waals surface area contributed by atoms with Crippen LogP contribution in [0.2, 0.25) is 0 Å². The van der Waals surface area contributed by atoms with E-state index in [1.807, 2.05) is 6.92 Å². The molecule has 1 saturated heterocycles. The van der Waals surface area contributed by atoms with Gasteiger partial charge in [-0.3, -0.25) is 14.5 Å². The molecule has 0 bridgehead atoms. The van der Waals surface area contributed by atoms with Gasteiger partial charge in [-0.05, 0) is 44.5 Å². The van der Waals surface area contributed by atoms with E-state index in [9.17, 15) is 23.2 Å². The number of benzene rings is 1. The fraction of sp³-hybridized carbons (Fsp3) is 0.391. The van der Waals surface area contributed by atoms with E-state index in [1.54, 1.807) is 18.7 Å². The van der Waals surface area contributed by atoms with E-state index < -0.39 is 17.6 Å². The Bertz CT molecular complexity index is 1310. The van der Waals surface area contributed by atoms with Gasteiger partial charge in [0, 0.05) is 31.7 Å². The van der Waals surface area contributed by atoms with E-state index in [0.29, 0.717) is 52.7 Å². The summed E-state index contributed by atoms with van der Waals surface area (Å²) in [5, 5.41) is 0.381. The van der Waals surface area contributed by atoms with Crippen molar-refractivity contribution in [1.29, 1.82) is 0 Å². The molecule has 2 aromatic heterocycles. The largest absolute Gasteiger partial charge is 0.462 e. The monoisotopic (exact) mass is 490 g/mol. The predicted octanol–water partition coefficient (Wildman–Crippen LogP) is 3.27. The summed E-state index contributed by atoms with van der Waals surface area (Å²) in [5.74, 6) is -2.42. The second-order valence-corrected chi connectivity index (χ2v) is 9.04. The number of aryl methyl sites for hydroxylation is 1. The number of halogens is 2. The SMILES string of the molecule is CCOC(=O)c1sc2nc(C(C)N3CCN(C(=O)c4ccc(F)c(F)c4)CC3)[nH]c(=O)c2c1C. The Labute approximate surface area is 198 Å². The maximum atomic E-state index is 13.5. The number of aromatic amines is 1. The Morgan fingerprint density at radius 3 is 2.56 bits per heavy atom. The van der Waals surface area contributed by atoms with E-state index in [2.05, 4.69) is 14.9 Å². The summed E-state index contributed by atoms with van der Waals surface area (Å²) in [6.45, 7) is 7.36. The number of carbonyl (C=O) groups is 2. The number of fused-ring (bicyclic) bond motifs is 1. The van der Waals surface area contributed by atoms with Gasteiger partial charge in [-0.25, -0.2) is 18.6 Å². The van der Waals surface area contributed by atoms with Crippen molar-refractivity contribution in [2.75, 3.05) is 32.8 Å². The van der Waals surface area contributed by atoms with Crippen molar-refractivity contribution >= 4 is 33.4 Å². The Balaban J connectivity index is 1.49. The maximum Gasteiger partial charge on any atom is 0.348 e. The van der Waals surface area contributed by atoms with Gasteiger partial charge in [0.15, 0.2) is 11.6 Å². The molecule has 3 heterocycles. The molecule has 3 aromatic rings. The van der Waals surface area contributed by atoms with Crippen molar-refractivity contribution < 1.29 is 23.1 Å². The zero-order valence-electron chi connectivity index (χ0n) is 19.0. The fourth-order valence-corrected chi connectivity index (χ4v) is 5.13. The third-order valence-corrected chi connectivity index (χ3v) is 7.16. The first-order valence-electron chi connectivity index (χ1n) is 10.9. The van der Waals surface area contributed by atoms with Crippen molar-refractivity contribution in [2.24, 2.45) is 0 Å². The second kappa shape index (κ2) is 9.59. The zero-order chi connectivity index (χ0) is 24.6. The first-order valence-corrected chi connectivity index (χ1v) is 11.7. The molecule has 1 amide bonds. The van der Waals surface area contributed by atoms with E-state index in [0.717, 1.165) is 23.5 Å². The van der Waals surface area contributed by atoms with Crippen molar-refractivity contribution in [2.45, 2.75) is 26.8 Å². The van der Waals surface area contributed by atoms with E-state index in [-0.39, 0.29) is 29.7 Å². The first kappa shape index (κ1) is 24.0. The average molecular weight is 491 g/mol. The molecular weight excluding hydrogens is 466 g/mol. The molecule has 1 unspecified atom stereocenters. The third-order valence-electron chi connectivity index (χ3n) is 5.99. The standard InChI is InChI=1S/C23H24F2N4O4S/c1-4-33-23(32)18-12(2)17-20(30)26-19(27-21(17)34-18)13(3)28-7-9-29(10-8-28)22(31)14-5-6-15(24)16(25)11-14/h5-6,11,13H,4,7-10H2,1-3H3,(H,26,27,30). The number of H-pyrrole nitrogens is 1. The molecule has 180 valence electrons. The number of nitrogens with zero attached hydrogens (tertiary/aromatic N) is 3. The van der Waals surface area contributed by atoms with Crippen LogP contribution in [0.15, 0.2) is 23.0 Å². The van der Waals surface area contributed by atoms with Gasteiger partial charge in [0.05, 0.1) is 18.0 Å². The molecule has 0 aliphatic carbocycles. The summed E-state index contributed by atoms with van der Waals surface area (Å²) in [5.41, 5.74) is 0.335. The molecule has 0 radical (unpaired) electrons. The number of piperazine rings is 1. The summed E-state index contributed by atoms with van der Waals surface area (Å²) >= 11 is 1.13. The quantitative estimate of drug-likeness (QED) is 0.552. The number of hydrogen-bond acceptors (Lipinski definition) is 7. The van der Waals surface area contributed by atoms with Crippen LogP contribution in [-0.4, -0.2) is 64.4 Å². The molecule has 8 nitrogen and oxygen atoms in total. The number of esters is 1. The zero-order valence-corrected chi connectivity index (χ0v) is 19.8. The number of aromatic nitrogens is 2. The molecule has 34 heavy (non-hydrogen) atoms. The Morgan fingerprint density at radius 2 is 1.91 bits per heavy atom. The minimum atomic E-state index is -1.06. The Morgan fingerprint density at radius 1 is 1.21 bits per heavy atom. The molecule has 1 fully saturated rings. The number of ether oxygens (including phenoxy) is 1. The van der Waals surface area contributed by atoms with Crippen molar-refractivity contribution in [3.8, 4) is 0 Å². The highest BCUT2D eigenvalue weighted by atomic mass is 32.1. The molecule has 1 aliphatic rings. The first-order chi connectivity index (χ1) is 16.2. The van der Waals surface area contributed by atoms with Crippen molar-refractivity contribution in [1.82, 2.24) is 19.8 Å². The molecule has 11 heteroatoms. The molecule has 0 spiro atoms. The van der Waals surface area contributed by atoms with Crippen LogP contribution in [0, 0.1) is 18.6 Å². The third kappa shape index (κ3) is 4.45. The van der Waals surface area contributed by atoms with Crippen LogP contribution >= 0.6 is 11.3 Å². The van der Waals surface area contributed by atoms with Crippen LogP contribution in [0.4, 0.5) is 8.78 Å². The number of thiophene rings is 1. The van der Waals surface area contributed by atoms with Gasteiger partial charge in [-0.2, -0.15) is 0 Å². The molecular formula is C23H24F2N4O4S. The normalized spacial score (nSPS) is 15.5. The lowest BCUT2D eigenvalue weighted by atomic mass is 10.1. The van der Waals surface area contributed by atoms with Gasteiger partial charge in [-0.15, -0.1) is 11.3 Å². The molecule has 1 N–H and O–H groups in total. The lowest BCUT2D eigenvalue weighted by molar-refractivity contribution is 0.0530. The Hall–Kier alpha value is -3.18. The molecule has 0 saturated carbocycles. The highest BCUT2D eigenvalue weighted by Crippen LogP contribution is 2.29. The minimum absolute atomic E-state index is 0.0994. The summed E-state index contributed by atoms with van der Waals surface area (Å²) in [6, 6.07) is 2.88. The number of nitrogens with one attached hydrogen (secondary N) is 1. The van der Waals surface area contributed by atoms with Crippen molar-refractivity contribution in [3.05, 3.63) is 62.0 Å². The second-order valence-electron chi connectivity index (χ2n) is 8.04. The van der Waals surface area contributed by atoms with E-state index in [1.165, 1.54) is 6.07 Å². The van der Waals surface area contributed by atoms with E-state index >= 15 is 0 Å². The highest BCUT2D eigenvalue weighted by molar-refractivity contribution is 7.20. The van der Waals surface area contributed by atoms with Gasteiger partial charge in [0.2, 0.25) is 0 Å². The van der Waals surface area contributed by atoms with Crippen LogP contribution in [0.1, 0.15) is 51.3 Å². The van der Waals surface area contributed by atoms with Gasteiger partial charge in [-0.1, -0.05) is 0 Å². The van der Waals surface area contributed by atoms with Gasteiger partial charge >= 0.3 is 5.97 Å². The van der Waals surface area contributed by atoms with Gasteiger partial charge in [0.1, 0.15) is 15.5 Å².